The molecule has 0 spiro atoms. The third-order valence-electron chi connectivity index (χ3n) is 2.26. The van der Waals surface area contributed by atoms with Gasteiger partial charge in [0.15, 0.2) is 17.2 Å². The van der Waals surface area contributed by atoms with E-state index in [0.717, 1.165) is 10.8 Å². The van der Waals surface area contributed by atoms with E-state index in [9.17, 15) is 9.18 Å². The molecule has 0 aromatic carbocycles. The van der Waals surface area contributed by atoms with Crippen molar-refractivity contribution in [2.24, 2.45) is 0 Å². The Morgan fingerprint density at radius 3 is 3.24 bits per heavy atom. The van der Waals surface area contributed by atoms with E-state index < -0.39 is 29.1 Å². The van der Waals surface area contributed by atoms with E-state index in [1.807, 2.05) is 5.48 Å². The Labute approximate surface area is 99.7 Å². The zero-order valence-corrected chi connectivity index (χ0v) is 9.48. The van der Waals surface area contributed by atoms with E-state index in [0.29, 0.717) is 12.2 Å². The molecule has 1 aromatic heterocycles. The van der Waals surface area contributed by atoms with Crippen LogP contribution in [0, 0.1) is 5.82 Å². The highest BCUT2D eigenvalue weighted by molar-refractivity contribution is 7.99. The molecule has 9 heteroatoms. The second kappa shape index (κ2) is 5.00. The molecule has 0 radical (unpaired) electrons. The molecular formula is C8H11FN4O3S. The van der Waals surface area contributed by atoms with Crippen LogP contribution in [0.25, 0.3) is 0 Å². The molecule has 0 saturated carbocycles. The van der Waals surface area contributed by atoms with Gasteiger partial charge >= 0.3 is 5.69 Å². The van der Waals surface area contributed by atoms with Crippen LogP contribution in [0.15, 0.2) is 11.0 Å². The number of nitrogens with two attached hydrogens (primary N) is 1. The van der Waals surface area contributed by atoms with Crippen molar-refractivity contribution in [3.63, 3.8) is 0 Å². The van der Waals surface area contributed by atoms with Gasteiger partial charge in [-0.2, -0.15) is 10.5 Å². The standard InChI is InChI=1S/C8H11FN4O3S/c9-4-3-13(7(14)11-6(4)10)5-1-2-17-8(12-15)16-5/h3,5,8,12,15H,1-2H2,(H2,10,11,14). The Morgan fingerprint density at radius 2 is 2.53 bits per heavy atom. The maximum atomic E-state index is 13.2. The molecule has 1 aliphatic rings. The maximum Gasteiger partial charge on any atom is 0.351 e. The summed E-state index contributed by atoms with van der Waals surface area (Å²) in [6.07, 6.45) is 0.795. The Morgan fingerprint density at radius 1 is 1.76 bits per heavy atom. The first-order chi connectivity index (χ1) is 8.11. The number of hydroxylamine groups is 1. The lowest BCUT2D eigenvalue weighted by atomic mass is 10.4. The summed E-state index contributed by atoms with van der Waals surface area (Å²) in [4.78, 5) is 14.9. The number of thioether (sulfide) groups is 1. The molecule has 0 bridgehead atoms. The summed E-state index contributed by atoms with van der Waals surface area (Å²) >= 11 is 1.34. The summed E-state index contributed by atoms with van der Waals surface area (Å²) in [5, 5.41) is 8.73. The Kier molecular flexibility index (Phi) is 3.62. The van der Waals surface area contributed by atoms with Crippen LogP contribution in [0.2, 0.25) is 0 Å². The molecule has 94 valence electrons. The number of nitrogen functional groups attached to an aromatic ring is 1. The third kappa shape index (κ3) is 2.57. The van der Waals surface area contributed by atoms with Crippen molar-refractivity contribution in [3.05, 3.63) is 22.5 Å². The first-order valence-corrected chi connectivity index (χ1v) is 5.87. The number of ether oxygens (including phenoxy) is 1. The summed E-state index contributed by atoms with van der Waals surface area (Å²) in [6, 6.07) is 0. The minimum atomic E-state index is -0.778. The fourth-order valence-electron chi connectivity index (χ4n) is 1.46. The highest BCUT2D eigenvalue weighted by Gasteiger charge is 2.25. The lowest BCUT2D eigenvalue weighted by Crippen LogP contribution is -2.38. The van der Waals surface area contributed by atoms with Crippen molar-refractivity contribution in [2.45, 2.75) is 18.2 Å². The van der Waals surface area contributed by atoms with Crippen LogP contribution in [0.3, 0.4) is 0 Å². The van der Waals surface area contributed by atoms with Crippen LogP contribution in [-0.4, -0.2) is 26.1 Å². The SMILES string of the molecule is Nc1nc(=O)n(C2CCSC(NO)O2)cc1F. The summed E-state index contributed by atoms with van der Waals surface area (Å²) < 4.78 is 19.6. The Bertz CT molecular complexity index is 469. The molecule has 2 heterocycles. The molecule has 0 amide bonds. The number of nitrogens with one attached hydrogen (secondary N) is 1. The zero-order chi connectivity index (χ0) is 12.4. The molecule has 0 aliphatic carbocycles. The van der Waals surface area contributed by atoms with Crippen LogP contribution < -0.4 is 16.9 Å². The van der Waals surface area contributed by atoms with Crippen LogP contribution in [0.1, 0.15) is 12.6 Å². The smallest absolute Gasteiger partial charge is 0.351 e. The van der Waals surface area contributed by atoms with Gasteiger partial charge in [-0.3, -0.25) is 4.57 Å². The van der Waals surface area contributed by atoms with E-state index in [4.69, 9.17) is 15.7 Å². The molecule has 2 rings (SSSR count). The monoisotopic (exact) mass is 262 g/mol. The minimum Gasteiger partial charge on any atom is -0.381 e. The van der Waals surface area contributed by atoms with Crippen molar-refractivity contribution in [1.29, 1.82) is 0 Å². The van der Waals surface area contributed by atoms with Crippen molar-refractivity contribution < 1.29 is 14.3 Å². The van der Waals surface area contributed by atoms with Gasteiger partial charge in [0.1, 0.15) is 6.23 Å². The summed E-state index contributed by atoms with van der Waals surface area (Å²) in [7, 11) is 0. The lowest BCUT2D eigenvalue weighted by molar-refractivity contribution is -0.0819. The summed E-state index contributed by atoms with van der Waals surface area (Å²) in [5.74, 6) is -0.561. The number of rotatable bonds is 2. The molecule has 1 aliphatic heterocycles. The number of anilines is 1. The van der Waals surface area contributed by atoms with E-state index in [1.165, 1.54) is 11.8 Å². The molecule has 7 nitrogen and oxygen atoms in total. The Hall–Kier alpha value is -1.16. The largest absolute Gasteiger partial charge is 0.381 e. The summed E-state index contributed by atoms with van der Waals surface area (Å²) in [5.41, 5.74) is 5.78. The number of nitrogens with zero attached hydrogens (tertiary/aromatic N) is 2. The minimum absolute atomic E-state index is 0.437. The van der Waals surface area contributed by atoms with Gasteiger partial charge in [-0.05, 0) is 0 Å². The molecular weight excluding hydrogens is 251 g/mol. The molecule has 1 saturated heterocycles. The molecule has 17 heavy (non-hydrogen) atoms. The normalized spacial score (nSPS) is 24.8. The van der Waals surface area contributed by atoms with Gasteiger partial charge in [0, 0.05) is 12.2 Å². The molecule has 2 atom stereocenters. The zero-order valence-electron chi connectivity index (χ0n) is 8.67. The average Bonchev–Trinajstić information content (AvgIpc) is 2.34. The van der Waals surface area contributed by atoms with Crippen LogP contribution in [0.5, 0.6) is 0 Å². The van der Waals surface area contributed by atoms with Crippen LogP contribution in [0.4, 0.5) is 10.2 Å². The van der Waals surface area contributed by atoms with Crippen molar-refractivity contribution in [3.8, 4) is 0 Å². The lowest BCUT2D eigenvalue weighted by Gasteiger charge is -2.29. The van der Waals surface area contributed by atoms with Crippen LogP contribution >= 0.6 is 11.8 Å². The quantitative estimate of drug-likeness (QED) is 0.638. The van der Waals surface area contributed by atoms with Gasteiger partial charge in [-0.25, -0.2) is 9.18 Å². The first-order valence-electron chi connectivity index (χ1n) is 4.82. The first kappa shape index (κ1) is 12.3. The topological polar surface area (TPSA) is 102 Å². The van der Waals surface area contributed by atoms with E-state index in [1.54, 1.807) is 0 Å². The fraction of sp³-hybridized carbons (Fsp3) is 0.500. The molecule has 1 fully saturated rings. The molecule has 1 aromatic rings. The molecule has 4 N–H and O–H groups in total. The van der Waals surface area contributed by atoms with E-state index >= 15 is 0 Å². The second-order valence-electron chi connectivity index (χ2n) is 3.38. The summed E-state index contributed by atoms with van der Waals surface area (Å²) in [6.45, 7) is 0. The van der Waals surface area contributed by atoms with Gasteiger partial charge in [0.05, 0.1) is 6.20 Å². The van der Waals surface area contributed by atoms with Gasteiger partial charge in [-0.1, -0.05) is 0 Å². The van der Waals surface area contributed by atoms with Gasteiger partial charge in [-0.15, -0.1) is 11.8 Å². The van der Waals surface area contributed by atoms with Gasteiger partial charge < -0.3 is 15.7 Å². The number of hydrogen-bond acceptors (Lipinski definition) is 7. The van der Waals surface area contributed by atoms with Crippen molar-refractivity contribution in [1.82, 2.24) is 15.0 Å². The second-order valence-corrected chi connectivity index (χ2v) is 4.54. The highest BCUT2D eigenvalue weighted by atomic mass is 32.2. The number of aromatic nitrogens is 2. The highest BCUT2D eigenvalue weighted by Crippen LogP contribution is 2.27. The number of hydrogen-bond donors (Lipinski definition) is 3. The maximum absolute atomic E-state index is 13.2. The average molecular weight is 262 g/mol. The van der Waals surface area contributed by atoms with Crippen molar-refractivity contribution in [2.75, 3.05) is 11.5 Å². The van der Waals surface area contributed by atoms with Gasteiger partial charge in [0.2, 0.25) is 0 Å². The van der Waals surface area contributed by atoms with Crippen molar-refractivity contribution >= 4 is 17.6 Å². The van der Waals surface area contributed by atoms with E-state index in [2.05, 4.69) is 4.98 Å². The predicted octanol–water partition coefficient (Wildman–Crippen LogP) is -0.121. The van der Waals surface area contributed by atoms with E-state index in [-0.39, 0.29) is 0 Å². The predicted molar refractivity (Wildman–Crippen MR) is 58.8 cm³/mol. The van der Waals surface area contributed by atoms with Gasteiger partial charge in [0.25, 0.3) is 0 Å². The number of halogens is 1. The molecule has 2 unspecified atom stereocenters. The van der Waals surface area contributed by atoms with Crippen LogP contribution in [-0.2, 0) is 4.74 Å². The third-order valence-corrected chi connectivity index (χ3v) is 3.26. The fourth-order valence-corrected chi connectivity index (χ4v) is 2.30. The Balaban J connectivity index is 2.27.